The molecule has 0 bridgehead atoms. The van der Waals surface area contributed by atoms with Crippen molar-refractivity contribution in [3.8, 4) is 0 Å². The lowest BCUT2D eigenvalue weighted by molar-refractivity contribution is -0.125. The van der Waals surface area contributed by atoms with Crippen LogP contribution < -0.4 is 5.32 Å². The fraction of sp³-hybridized carbons (Fsp3) is 0.556. The van der Waals surface area contributed by atoms with E-state index in [1.807, 2.05) is 24.3 Å². The zero-order valence-corrected chi connectivity index (χ0v) is 13.8. The highest BCUT2D eigenvalue weighted by molar-refractivity contribution is 6.00. The Hall–Kier alpha value is -1.88. The van der Waals surface area contributed by atoms with Gasteiger partial charge in [-0.1, -0.05) is 18.2 Å². The first-order valence-corrected chi connectivity index (χ1v) is 8.56. The third-order valence-corrected chi connectivity index (χ3v) is 4.85. The topological polar surface area (TPSA) is 52.7 Å². The average molecular weight is 315 g/mol. The maximum absolute atomic E-state index is 12.4. The molecule has 1 saturated heterocycles. The number of likely N-dealkylation sites (tertiary alicyclic amines) is 1. The van der Waals surface area contributed by atoms with Gasteiger partial charge in [-0.15, -0.1) is 0 Å². The molecule has 2 amide bonds. The molecule has 5 heteroatoms. The van der Waals surface area contributed by atoms with E-state index in [0.29, 0.717) is 13.1 Å². The number of benzene rings is 1. The van der Waals surface area contributed by atoms with Gasteiger partial charge < -0.3 is 15.1 Å². The van der Waals surface area contributed by atoms with Gasteiger partial charge in [0, 0.05) is 18.7 Å². The summed E-state index contributed by atoms with van der Waals surface area (Å²) in [6, 6.07) is 7.15. The monoisotopic (exact) mass is 315 g/mol. The summed E-state index contributed by atoms with van der Waals surface area (Å²) in [6.45, 7) is 6.42. The van der Waals surface area contributed by atoms with Crippen molar-refractivity contribution in [2.45, 2.75) is 38.8 Å². The van der Waals surface area contributed by atoms with E-state index in [1.165, 1.54) is 25.9 Å². The van der Waals surface area contributed by atoms with Crippen LogP contribution >= 0.6 is 0 Å². The van der Waals surface area contributed by atoms with Crippen LogP contribution in [0, 0.1) is 0 Å². The van der Waals surface area contributed by atoms with Crippen LogP contribution in [0.3, 0.4) is 0 Å². The van der Waals surface area contributed by atoms with Gasteiger partial charge in [0.2, 0.25) is 5.91 Å². The van der Waals surface area contributed by atoms with Gasteiger partial charge in [0.05, 0.1) is 0 Å². The number of carbonyl (C=O) groups is 2. The predicted molar refractivity (Wildman–Crippen MR) is 89.1 cm³/mol. The van der Waals surface area contributed by atoms with Crippen molar-refractivity contribution in [3.05, 3.63) is 35.4 Å². The van der Waals surface area contributed by atoms with Gasteiger partial charge >= 0.3 is 0 Å². The molecule has 2 heterocycles. The predicted octanol–water partition coefficient (Wildman–Crippen LogP) is 1.63. The summed E-state index contributed by atoms with van der Waals surface area (Å²) in [6.07, 6.45) is 3.55. The summed E-state index contributed by atoms with van der Waals surface area (Å²) in [5, 5.41) is 2.97. The van der Waals surface area contributed by atoms with Crippen molar-refractivity contribution in [2.75, 3.05) is 26.2 Å². The van der Waals surface area contributed by atoms with Gasteiger partial charge in [0.15, 0.2) is 0 Å². The molecule has 0 aliphatic carbocycles. The Balaban J connectivity index is 1.45. The van der Waals surface area contributed by atoms with Crippen LogP contribution in [0.15, 0.2) is 24.3 Å². The van der Waals surface area contributed by atoms with Crippen molar-refractivity contribution in [3.63, 3.8) is 0 Å². The third kappa shape index (κ3) is 3.55. The molecule has 1 atom stereocenters. The van der Waals surface area contributed by atoms with Crippen molar-refractivity contribution in [1.29, 1.82) is 0 Å². The maximum atomic E-state index is 12.4. The lowest BCUT2D eigenvalue weighted by Gasteiger charge is -2.23. The maximum Gasteiger partial charge on any atom is 0.255 e. The Labute approximate surface area is 137 Å². The highest BCUT2D eigenvalue weighted by Gasteiger charge is 2.33. The molecule has 2 aliphatic rings. The second-order valence-electron chi connectivity index (χ2n) is 6.46. The minimum atomic E-state index is -0.429. The smallest absolute Gasteiger partial charge is 0.255 e. The molecule has 1 aromatic rings. The quantitative estimate of drug-likeness (QED) is 0.812. The molecule has 0 aromatic heterocycles. The summed E-state index contributed by atoms with van der Waals surface area (Å²) in [4.78, 5) is 28.8. The number of hydrogen-bond acceptors (Lipinski definition) is 3. The van der Waals surface area contributed by atoms with E-state index in [-0.39, 0.29) is 11.8 Å². The molecule has 0 radical (unpaired) electrons. The lowest BCUT2D eigenvalue weighted by Crippen LogP contribution is -2.45. The summed E-state index contributed by atoms with van der Waals surface area (Å²) in [5.41, 5.74) is 1.73. The van der Waals surface area contributed by atoms with Crippen molar-refractivity contribution in [1.82, 2.24) is 15.1 Å². The van der Waals surface area contributed by atoms with Crippen LogP contribution in [0.25, 0.3) is 0 Å². The molecule has 1 fully saturated rings. The Morgan fingerprint density at radius 3 is 2.74 bits per heavy atom. The van der Waals surface area contributed by atoms with Gasteiger partial charge in [-0.2, -0.15) is 0 Å². The summed E-state index contributed by atoms with van der Waals surface area (Å²) in [7, 11) is 0. The molecule has 2 aliphatic heterocycles. The zero-order valence-electron chi connectivity index (χ0n) is 13.8. The van der Waals surface area contributed by atoms with Gasteiger partial charge in [0.25, 0.3) is 5.91 Å². The molecule has 0 unspecified atom stereocenters. The van der Waals surface area contributed by atoms with Crippen molar-refractivity contribution >= 4 is 11.8 Å². The number of hydrogen-bond donors (Lipinski definition) is 1. The zero-order chi connectivity index (χ0) is 16.2. The molecule has 124 valence electrons. The van der Waals surface area contributed by atoms with Gasteiger partial charge in [-0.05, 0) is 57.5 Å². The van der Waals surface area contributed by atoms with Gasteiger partial charge in [0.1, 0.15) is 6.04 Å². The minimum absolute atomic E-state index is 0.0414. The molecular weight excluding hydrogens is 290 g/mol. The normalized spacial score (nSPS) is 19.0. The molecule has 1 aromatic carbocycles. The molecule has 1 N–H and O–H groups in total. The van der Waals surface area contributed by atoms with Crippen LogP contribution in [-0.4, -0.2) is 53.8 Å². The third-order valence-electron chi connectivity index (χ3n) is 4.85. The first kappa shape index (κ1) is 16.0. The summed E-state index contributed by atoms with van der Waals surface area (Å²) in [5.74, 6) is -0.104. The number of carbonyl (C=O) groups excluding carboxylic acids is 2. The fourth-order valence-electron chi connectivity index (χ4n) is 3.40. The van der Waals surface area contributed by atoms with E-state index in [9.17, 15) is 9.59 Å². The number of nitrogens with one attached hydrogen (secondary N) is 1. The van der Waals surface area contributed by atoms with Crippen LogP contribution in [0.1, 0.15) is 42.1 Å². The molecule has 3 rings (SSSR count). The first-order valence-electron chi connectivity index (χ1n) is 8.56. The number of fused-ring (bicyclic) bond motifs is 1. The molecule has 5 nitrogen and oxygen atoms in total. The number of rotatable bonds is 6. The number of nitrogens with zero attached hydrogens (tertiary/aromatic N) is 2. The second kappa shape index (κ2) is 7.13. The Morgan fingerprint density at radius 2 is 2.00 bits per heavy atom. The largest absolute Gasteiger partial charge is 0.354 e. The Kier molecular flexibility index (Phi) is 4.96. The average Bonchev–Trinajstić information content (AvgIpc) is 3.19. The van der Waals surface area contributed by atoms with Crippen LogP contribution in [0.2, 0.25) is 0 Å². The summed E-state index contributed by atoms with van der Waals surface area (Å²) < 4.78 is 0. The van der Waals surface area contributed by atoms with Crippen molar-refractivity contribution < 1.29 is 9.59 Å². The minimum Gasteiger partial charge on any atom is -0.354 e. The van der Waals surface area contributed by atoms with Crippen LogP contribution in [-0.2, 0) is 11.3 Å². The molecule has 0 spiro atoms. The lowest BCUT2D eigenvalue weighted by atomic mass is 10.1. The Bertz CT molecular complexity index is 581. The fourth-order valence-corrected chi connectivity index (χ4v) is 3.40. The molecule has 23 heavy (non-hydrogen) atoms. The highest BCUT2D eigenvalue weighted by Crippen LogP contribution is 2.24. The highest BCUT2D eigenvalue weighted by atomic mass is 16.2. The van der Waals surface area contributed by atoms with Gasteiger partial charge in [-0.25, -0.2) is 0 Å². The molecule has 0 saturated carbocycles. The van der Waals surface area contributed by atoms with E-state index in [1.54, 1.807) is 11.8 Å². The SMILES string of the molecule is C[C@H](C(=O)NCCCN1CCCC1)N1Cc2ccccc2C1=O. The number of amides is 2. The van der Waals surface area contributed by atoms with E-state index < -0.39 is 6.04 Å². The van der Waals surface area contributed by atoms with E-state index >= 15 is 0 Å². The Morgan fingerprint density at radius 1 is 1.26 bits per heavy atom. The first-order chi connectivity index (χ1) is 11.2. The molecular formula is C18H25N3O2. The van der Waals surface area contributed by atoms with Crippen LogP contribution in [0.4, 0.5) is 0 Å². The standard InChI is InChI=1S/C18H25N3O2/c1-14(17(22)19-9-6-12-20-10-4-5-11-20)21-13-15-7-2-3-8-16(15)18(21)23/h2-3,7-8,14H,4-6,9-13H2,1H3,(H,19,22)/t14-/m1/s1. The van der Waals surface area contributed by atoms with E-state index in [2.05, 4.69) is 10.2 Å². The summed E-state index contributed by atoms with van der Waals surface area (Å²) >= 11 is 0. The van der Waals surface area contributed by atoms with Crippen LogP contribution in [0.5, 0.6) is 0 Å². The van der Waals surface area contributed by atoms with Crippen molar-refractivity contribution in [2.24, 2.45) is 0 Å². The second-order valence-corrected chi connectivity index (χ2v) is 6.46. The van der Waals surface area contributed by atoms with E-state index in [0.717, 1.165) is 24.1 Å². The van der Waals surface area contributed by atoms with Gasteiger partial charge in [-0.3, -0.25) is 9.59 Å². The van der Waals surface area contributed by atoms with E-state index in [4.69, 9.17) is 0 Å².